The average Bonchev–Trinajstić information content (AvgIpc) is 2.87. The van der Waals surface area contributed by atoms with Gasteiger partial charge in [0.25, 0.3) is 10.0 Å². The molecule has 0 saturated heterocycles. The van der Waals surface area contributed by atoms with Gasteiger partial charge in [-0.05, 0) is 12.1 Å². The first-order valence-electron chi connectivity index (χ1n) is 5.06. The Hall–Kier alpha value is -1.77. The normalized spacial score (nSPS) is 11.3. The average molecular weight is 336 g/mol. The van der Waals surface area contributed by atoms with E-state index in [1.54, 1.807) is 0 Å². The Bertz CT molecular complexity index is 759. The molecule has 2 aromatic rings. The van der Waals surface area contributed by atoms with Gasteiger partial charge in [0.05, 0.1) is 21.9 Å². The first-order valence-corrected chi connectivity index (χ1v) is 7.29. The van der Waals surface area contributed by atoms with Gasteiger partial charge in [0.1, 0.15) is 10.5 Å². The van der Waals surface area contributed by atoms with Crippen LogP contribution in [-0.2, 0) is 10.0 Å². The topological polar surface area (TPSA) is 112 Å². The highest BCUT2D eigenvalue weighted by atomic mass is 35.5. The second-order valence-electron chi connectivity index (χ2n) is 3.62. The maximum atomic E-state index is 12.0. The molecule has 3 N–H and O–H groups in total. The number of sulfonamides is 1. The molecule has 10 heteroatoms. The van der Waals surface area contributed by atoms with Gasteiger partial charge in [0.2, 0.25) is 0 Å². The minimum Gasteiger partial charge on any atom is -0.478 e. The maximum Gasteiger partial charge on any atom is 0.339 e. The standard InChI is InChI=1S/C10H7Cl2N3O4S/c11-6-1-2-7(12)9(8(6)10(16)17)15-20(18,19)5-3-13-14-4-5/h1-4,15H,(H,13,14)(H,16,17). The fourth-order valence-corrected chi connectivity index (χ4v) is 2.94. The molecule has 20 heavy (non-hydrogen) atoms. The Balaban J connectivity index is 2.55. The molecule has 1 aromatic heterocycles. The van der Waals surface area contributed by atoms with Crippen LogP contribution in [0.5, 0.6) is 0 Å². The van der Waals surface area contributed by atoms with Crippen molar-refractivity contribution in [1.29, 1.82) is 0 Å². The predicted molar refractivity (Wildman–Crippen MR) is 72.8 cm³/mol. The van der Waals surface area contributed by atoms with Crippen LogP contribution >= 0.6 is 23.2 Å². The molecule has 0 amide bonds. The molecule has 2 rings (SSSR count). The molecule has 0 saturated carbocycles. The summed E-state index contributed by atoms with van der Waals surface area (Å²) in [5.74, 6) is -1.40. The van der Waals surface area contributed by atoms with Crippen LogP contribution in [0, 0.1) is 0 Å². The highest BCUT2D eigenvalue weighted by molar-refractivity contribution is 7.92. The first kappa shape index (κ1) is 14.6. The Labute approximate surface area is 123 Å². The van der Waals surface area contributed by atoms with Crippen LogP contribution in [-0.4, -0.2) is 29.7 Å². The highest BCUT2D eigenvalue weighted by Gasteiger charge is 2.23. The molecule has 0 bridgehead atoms. The van der Waals surface area contributed by atoms with E-state index in [1.165, 1.54) is 12.1 Å². The van der Waals surface area contributed by atoms with E-state index in [4.69, 9.17) is 28.3 Å². The lowest BCUT2D eigenvalue weighted by atomic mass is 10.2. The van der Waals surface area contributed by atoms with E-state index < -0.39 is 21.6 Å². The first-order chi connectivity index (χ1) is 9.33. The maximum absolute atomic E-state index is 12.0. The molecular formula is C10H7Cl2N3O4S. The molecule has 0 radical (unpaired) electrons. The van der Waals surface area contributed by atoms with Crippen molar-refractivity contribution >= 4 is 44.9 Å². The third-order valence-corrected chi connectivity index (χ3v) is 4.28. The molecule has 0 aliphatic carbocycles. The van der Waals surface area contributed by atoms with Gasteiger partial charge < -0.3 is 5.11 Å². The van der Waals surface area contributed by atoms with E-state index in [0.717, 1.165) is 12.4 Å². The van der Waals surface area contributed by atoms with E-state index >= 15 is 0 Å². The lowest BCUT2D eigenvalue weighted by molar-refractivity contribution is 0.0698. The van der Waals surface area contributed by atoms with Gasteiger partial charge in [-0.2, -0.15) is 5.10 Å². The van der Waals surface area contributed by atoms with Gasteiger partial charge in [-0.25, -0.2) is 13.2 Å². The number of nitrogens with one attached hydrogen (secondary N) is 2. The van der Waals surface area contributed by atoms with Gasteiger partial charge in [-0.3, -0.25) is 9.82 Å². The van der Waals surface area contributed by atoms with Crippen molar-refractivity contribution in [3.63, 3.8) is 0 Å². The summed E-state index contributed by atoms with van der Waals surface area (Å²) in [5, 5.41) is 14.7. The molecule has 1 heterocycles. The molecule has 0 fully saturated rings. The minimum absolute atomic E-state index is 0.0844. The number of hydrogen-bond acceptors (Lipinski definition) is 4. The van der Waals surface area contributed by atoms with Gasteiger partial charge in [0, 0.05) is 6.20 Å². The van der Waals surface area contributed by atoms with E-state index in [2.05, 4.69) is 14.9 Å². The summed E-state index contributed by atoms with van der Waals surface area (Å²) in [6.07, 6.45) is 2.21. The number of anilines is 1. The summed E-state index contributed by atoms with van der Waals surface area (Å²) in [5.41, 5.74) is -0.723. The van der Waals surface area contributed by atoms with Crippen molar-refractivity contribution < 1.29 is 18.3 Å². The lowest BCUT2D eigenvalue weighted by Crippen LogP contribution is -2.16. The third kappa shape index (κ3) is 2.72. The Kier molecular flexibility index (Phi) is 3.89. The summed E-state index contributed by atoms with van der Waals surface area (Å²) < 4.78 is 26.2. The molecule has 106 valence electrons. The summed E-state index contributed by atoms with van der Waals surface area (Å²) in [6, 6.07) is 2.56. The quantitative estimate of drug-likeness (QED) is 0.792. The van der Waals surface area contributed by atoms with Crippen molar-refractivity contribution in [1.82, 2.24) is 10.2 Å². The van der Waals surface area contributed by atoms with E-state index in [1.807, 2.05) is 0 Å². The Morgan fingerprint density at radius 1 is 1.30 bits per heavy atom. The molecule has 0 spiro atoms. The smallest absolute Gasteiger partial charge is 0.339 e. The van der Waals surface area contributed by atoms with Crippen LogP contribution in [0.1, 0.15) is 10.4 Å². The van der Waals surface area contributed by atoms with Gasteiger partial charge in [-0.15, -0.1) is 0 Å². The van der Waals surface area contributed by atoms with Crippen LogP contribution in [0.2, 0.25) is 10.0 Å². The summed E-state index contributed by atoms with van der Waals surface area (Å²) in [7, 11) is -4.02. The fraction of sp³-hybridized carbons (Fsp3) is 0. The number of H-pyrrole nitrogens is 1. The van der Waals surface area contributed by atoms with E-state index in [0.29, 0.717) is 0 Å². The van der Waals surface area contributed by atoms with Gasteiger partial charge in [-0.1, -0.05) is 23.2 Å². The second-order valence-corrected chi connectivity index (χ2v) is 6.12. The van der Waals surface area contributed by atoms with Crippen LogP contribution in [0.15, 0.2) is 29.4 Å². The SMILES string of the molecule is O=C(O)c1c(Cl)ccc(Cl)c1NS(=O)(=O)c1cn[nH]c1. The summed E-state index contributed by atoms with van der Waals surface area (Å²) >= 11 is 11.6. The molecule has 0 atom stereocenters. The number of carboxylic acids is 1. The lowest BCUT2D eigenvalue weighted by Gasteiger charge is -2.12. The van der Waals surface area contributed by atoms with E-state index in [-0.39, 0.29) is 20.6 Å². The van der Waals surface area contributed by atoms with Gasteiger partial charge in [0.15, 0.2) is 0 Å². The number of aromatic carboxylic acids is 1. The third-order valence-electron chi connectivity index (χ3n) is 2.34. The Morgan fingerprint density at radius 3 is 2.50 bits per heavy atom. The molecule has 1 aromatic carbocycles. The van der Waals surface area contributed by atoms with Crippen LogP contribution in [0.25, 0.3) is 0 Å². The fourth-order valence-electron chi connectivity index (χ4n) is 1.44. The zero-order valence-corrected chi connectivity index (χ0v) is 11.9. The largest absolute Gasteiger partial charge is 0.478 e. The minimum atomic E-state index is -4.02. The molecule has 0 unspecified atom stereocenters. The number of hydrogen-bond donors (Lipinski definition) is 3. The predicted octanol–water partition coefficient (Wildman–Crippen LogP) is 2.22. The number of rotatable bonds is 4. The zero-order chi connectivity index (χ0) is 14.9. The number of aromatic nitrogens is 2. The van der Waals surface area contributed by atoms with E-state index in [9.17, 15) is 13.2 Å². The van der Waals surface area contributed by atoms with Crippen LogP contribution < -0.4 is 4.72 Å². The summed E-state index contributed by atoms with van der Waals surface area (Å²) in [6.45, 7) is 0. The number of carboxylic acid groups (broad SMARTS) is 1. The number of nitrogens with zero attached hydrogens (tertiary/aromatic N) is 1. The number of halogens is 2. The molecule has 0 aliphatic rings. The second kappa shape index (κ2) is 5.31. The summed E-state index contributed by atoms with van der Waals surface area (Å²) in [4.78, 5) is 11.0. The van der Waals surface area contributed by atoms with Crippen LogP contribution in [0.3, 0.4) is 0 Å². The van der Waals surface area contributed by atoms with Crippen molar-refractivity contribution in [2.24, 2.45) is 0 Å². The molecule has 0 aliphatic heterocycles. The number of benzene rings is 1. The van der Waals surface area contributed by atoms with Crippen molar-refractivity contribution in [2.45, 2.75) is 4.90 Å². The Morgan fingerprint density at radius 2 is 1.95 bits per heavy atom. The van der Waals surface area contributed by atoms with Gasteiger partial charge >= 0.3 is 5.97 Å². The van der Waals surface area contributed by atoms with Crippen molar-refractivity contribution in [3.8, 4) is 0 Å². The van der Waals surface area contributed by atoms with Crippen molar-refractivity contribution in [3.05, 3.63) is 40.1 Å². The number of aromatic amines is 1. The highest BCUT2D eigenvalue weighted by Crippen LogP contribution is 2.33. The number of carbonyl (C=O) groups is 1. The monoisotopic (exact) mass is 335 g/mol. The van der Waals surface area contributed by atoms with Crippen LogP contribution in [0.4, 0.5) is 5.69 Å². The molecular weight excluding hydrogens is 329 g/mol. The van der Waals surface area contributed by atoms with Crippen molar-refractivity contribution in [2.75, 3.05) is 4.72 Å². The molecule has 7 nitrogen and oxygen atoms in total. The zero-order valence-electron chi connectivity index (χ0n) is 9.59.